The molecular weight excluding hydrogens is 372 g/mol. The molecule has 0 saturated carbocycles. The number of piperazine rings is 1. The van der Waals surface area contributed by atoms with Crippen molar-refractivity contribution in [1.82, 2.24) is 9.80 Å². The van der Waals surface area contributed by atoms with Crippen LogP contribution in [0.3, 0.4) is 0 Å². The van der Waals surface area contributed by atoms with Crippen LogP contribution in [0.1, 0.15) is 18.1 Å². The summed E-state index contributed by atoms with van der Waals surface area (Å²) in [6.45, 7) is 7.10. The van der Waals surface area contributed by atoms with E-state index in [1.54, 1.807) is 24.3 Å². The molecule has 1 saturated heterocycles. The van der Waals surface area contributed by atoms with E-state index in [2.05, 4.69) is 16.7 Å². The van der Waals surface area contributed by atoms with Gasteiger partial charge in [0.25, 0.3) is 11.4 Å². The van der Waals surface area contributed by atoms with Crippen molar-refractivity contribution < 1.29 is 9.85 Å². The average Bonchev–Trinajstić information content (AvgIpc) is 2.72. The van der Waals surface area contributed by atoms with Crippen molar-refractivity contribution in [3.05, 3.63) is 79.9 Å². The standard InChI is InChI=1S/C21H26N4O4/c1-17-16-22(12-10-18-2-6-20(7-3-18)24(26)27)14-15-23(17)13-11-19-4-8-21(9-5-19)25(28)29/h2-9,17H,10-16H2,1H3. The molecule has 2 aromatic carbocycles. The Morgan fingerprint density at radius 1 is 0.828 bits per heavy atom. The predicted octanol–water partition coefficient (Wildman–Crippen LogP) is 3.29. The van der Waals surface area contributed by atoms with Gasteiger partial charge >= 0.3 is 0 Å². The van der Waals surface area contributed by atoms with Crippen LogP contribution < -0.4 is 0 Å². The molecule has 0 amide bonds. The molecule has 1 fully saturated rings. The highest BCUT2D eigenvalue weighted by Crippen LogP contribution is 2.16. The minimum absolute atomic E-state index is 0.128. The number of non-ortho nitro benzene ring substituents is 2. The molecule has 8 heteroatoms. The number of hydrogen-bond acceptors (Lipinski definition) is 6. The Morgan fingerprint density at radius 2 is 1.31 bits per heavy atom. The Hall–Kier alpha value is -2.84. The van der Waals surface area contributed by atoms with Gasteiger partial charge in [-0.15, -0.1) is 0 Å². The van der Waals surface area contributed by atoms with Crippen LogP contribution in [0.5, 0.6) is 0 Å². The van der Waals surface area contributed by atoms with Gasteiger partial charge in [-0.25, -0.2) is 0 Å². The Labute approximate surface area is 170 Å². The zero-order chi connectivity index (χ0) is 20.8. The second-order valence-electron chi connectivity index (χ2n) is 7.53. The van der Waals surface area contributed by atoms with Crippen LogP contribution in [-0.2, 0) is 12.8 Å². The number of nitro groups is 2. The zero-order valence-electron chi connectivity index (χ0n) is 16.6. The van der Waals surface area contributed by atoms with Gasteiger partial charge < -0.3 is 4.90 Å². The molecule has 8 nitrogen and oxygen atoms in total. The number of benzene rings is 2. The third-order valence-electron chi connectivity index (χ3n) is 5.55. The molecule has 3 rings (SSSR count). The lowest BCUT2D eigenvalue weighted by molar-refractivity contribution is -0.385. The van der Waals surface area contributed by atoms with E-state index in [0.29, 0.717) is 6.04 Å². The van der Waals surface area contributed by atoms with Crippen LogP contribution in [0, 0.1) is 20.2 Å². The molecule has 1 atom stereocenters. The minimum Gasteiger partial charge on any atom is -0.300 e. The molecule has 1 unspecified atom stereocenters. The minimum atomic E-state index is -0.374. The first-order valence-electron chi connectivity index (χ1n) is 9.85. The van der Waals surface area contributed by atoms with E-state index in [-0.39, 0.29) is 21.2 Å². The molecule has 154 valence electrons. The first-order valence-corrected chi connectivity index (χ1v) is 9.85. The first kappa shape index (κ1) is 20.9. The van der Waals surface area contributed by atoms with Crippen molar-refractivity contribution in [3.8, 4) is 0 Å². The second kappa shape index (κ2) is 9.58. The Balaban J connectivity index is 1.42. The van der Waals surface area contributed by atoms with Gasteiger partial charge in [0, 0.05) is 63.0 Å². The quantitative estimate of drug-likeness (QED) is 0.500. The SMILES string of the molecule is CC1CN(CCc2ccc([N+](=O)[O-])cc2)CCN1CCc1ccc([N+](=O)[O-])cc1. The van der Waals surface area contributed by atoms with E-state index in [1.807, 2.05) is 24.3 Å². The largest absolute Gasteiger partial charge is 0.300 e. The smallest absolute Gasteiger partial charge is 0.269 e. The monoisotopic (exact) mass is 398 g/mol. The highest BCUT2D eigenvalue weighted by molar-refractivity contribution is 5.33. The number of nitrogens with zero attached hydrogens (tertiary/aromatic N) is 4. The molecule has 29 heavy (non-hydrogen) atoms. The summed E-state index contributed by atoms with van der Waals surface area (Å²) in [5.74, 6) is 0. The van der Waals surface area contributed by atoms with Crippen molar-refractivity contribution in [2.45, 2.75) is 25.8 Å². The Kier molecular flexibility index (Phi) is 6.90. The molecule has 0 radical (unpaired) electrons. The number of hydrogen-bond donors (Lipinski definition) is 0. The lowest BCUT2D eigenvalue weighted by Gasteiger charge is -2.40. The van der Waals surface area contributed by atoms with Gasteiger partial charge in [0.2, 0.25) is 0 Å². The van der Waals surface area contributed by atoms with E-state index >= 15 is 0 Å². The number of nitro benzene ring substituents is 2. The molecule has 1 aliphatic heterocycles. The van der Waals surface area contributed by atoms with Crippen LogP contribution in [0.15, 0.2) is 48.5 Å². The van der Waals surface area contributed by atoms with E-state index < -0.39 is 0 Å². The molecule has 1 heterocycles. The van der Waals surface area contributed by atoms with Gasteiger partial charge in [0.1, 0.15) is 0 Å². The first-order chi connectivity index (χ1) is 13.9. The molecule has 0 aromatic heterocycles. The summed E-state index contributed by atoms with van der Waals surface area (Å²) >= 11 is 0. The summed E-state index contributed by atoms with van der Waals surface area (Å²) in [6, 6.07) is 14.0. The van der Waals surface area contributed by atoms with E-state index in [1.165, 1.54) is 0 Å². The highest BCUT2D eigenvalue weighted by Gasteiger charge is 2.23. The average molecular weight is 398 g/mol. The van der Waals surface area contributed by atoms with Crippen molar-refractivity contribution in [3.63, 3.8) is 0 Å². The fourth-order valence-electron chi connectivity index (χ4n) is 3.73. The van der Waals surface area contributed by atoms with Crippen LogP contribution in [0.2, 0.25) is 0 Å². The van der Waals surface area contributed by atoms with Crippen LogP contribution in [0.25, 0.3) is 0 Å². The summed E-state index contributed by atoms with van der Waals surface area (Å²) in [4.78, 5) is 25.6. The highest BCUT2D eigenvalue weighted by atomic mass is 16.6. The maximum atomic E-state index is 10.7. The van der Waals surface area contributed by atoms with Crippen molar-refractivity contribution in [1.29, 1.82) is 0 Å². The maximum Gasteiger partial charge on any atom is 0.269 e. The van der Waals surface area contributed by atoms with Gasteiger partial charge in [-0.2, -0.15) is 0 Å². The van der Waals surface area contributed by atoms with Gasteiger partial charge in [-0.3, -0.25) is 25.1 Å². The van der Waals surface area contributed by atoms with E-state index in [0.717, 1.165) is 56.7 Å². The molecule has 2 aromatic rings. The Morgan fingerprint density at radius 3 is 1.76 bits per heavy atom. The van der Waals surface area contributed by atoms with E-state index in [4.69, 9.17) is 0 Å². The van der Waals surface area contributed by atoms with Gasteiger partial charge in [-0.1, -0.05) is 24.3 Å². The second-order valence-corrected chi connectivity index (χ2v) is 7.53. The number of rotatable bonds is 8. The summed E-state index contributed by atoms with van der Waals surface area (Å²) in [7, 11) is 0. The molecule has 0 N–H and O–H groups in total. The Bertz CT molecular complexity index is 839. The lowest BCUT2D eigenvalue weighted by Crippen LogP contribution is -2.52. The fourth-order valence-corrected chi connectivity index (χ4v) is 3.73. The fraction of sp³-hybridized carbons (Fsp3) is 0.429. The van der Waals surface area contributed by atoms with Crippen LogP contribution in [0.4, 0.5) is 11.4 Å². The predicted molar refractivity (Wildman–Crippen MR) is 111 cm³/mol. The molecule has 0 aliphatic carbocycles. The molecule has 1 aliphatic rings. The third-order valence-corrected chi connectivity index (χ3v) is 5.55. The molecule has 0 spiro atoms. The van der Waals surface area contributed by atoms with E-state index in [9.17, 15) is 20.2 Å². The van der Waals surface area contributed by atoms with Gasteiger partial charge in [0.05, 0.1) is 9.85 Å². The summed E-state index contributed by atoms with van der Waals surface area (Å²) in [6.07, 6.45) is 1.76. The molecular formula is C21H26N4O4. The summed E-state index contributed by atoms with van der Waals surface area (Å²) in [5.41, 5.74) is 2.49. The topological polar surface area (TPSA) is 92.8 Å². The summed E-state index contributed by atoms with van der Waals surface area (Å²) < 4.78 is 0. The van der Waals surface area contributed by atoms with Crippen LogP contribution in [-0.4, -0.2) is 58.4 Å². The third kappa shape index (κ3) is 5.82. The van der Waals surface area contributed by atoms with Gasteiger partial charge in [-0.05, 0) is 30.9 Å². The van der Waals surface area contributed by atoms with Crippen LogP contribution >= 0.6 is 0 Å². The zero-order valence-corrected chi connectivity index (χ0v) is 16.6. The maximum absolute atomic E-state index is 10.7. The van der Waals surface area contributed by atoms with Crippen molar-refractivity contribution >= 4 is 11.4 Å². The summed E-state index contributed by atoms with van der Waals surface area (Å²) in [5, 5.41) is 21.5. The lowest BCUT2D eigenvalue weighted by atomic mass is 10.1. The van der Waals surface area contributed by atoms with Gasteiger partial charge in [0.15, 0.2) is 0 Å². The normalized spacial score (nSPS) is 17.9. The molecule has 0 bridgehead atoms. The van der Waals surface area contributed by atoms with Crippen molar-refractivity contribution in [2.75, 3.05) is 32.7 Å². The van der Waals surface area contributed by atoms with Crippen molar-refractivity contribution in [2.24, 2.45) is 0 Å².